The van der Waals surface area contributed by atoms with Crippen LogP contribution in [-0.2, 0) is 21.2 Å². The first kappa shape index (κ1) is 25.3. The van der Waals surface area contributed by atoms with E-state index >= 15 is 0 Å². The number of hydrogen-bond donors (Lipinski definition) is 1. The van der Waals surface area contributed by atoms with E-state index in [1.807, 2.05) is 37.3 Å². The number of piperidine rings is 1. The first-order valence-corrected chi connectivity index (χ1v) is 14.1. The Morgan fingerprint density at radius 1 is 1.14 bits per heavy atom. The van der Waals surface area contributed by atoms with Gasteiger partial charge in [0.25, 0.3) is 0 Å². The number of rotatable bonds is 8. The summed E-state index contributed by atoms with van der Waals surface area (Å²) in [5.74, 6) is 0.0290. The number of aromatic nitrogens is 1. The molecule has 1 aliphatic rings. The lowest BCUT2D eigenvalue weighted by atomic mass is 9.97. The number of amides is 1. The fourth-order valence-corrected chi connectivity index (χ4v) is 6.87. The lowest BCUT2D eigenvalue weighted by molar-refractivity contribution is -0.126. The maximum atomic E-state index is 13.5. The fourth-order valence-electron chi connectivity index (χ4n) is 4.24. The lowest BCUT2D eigenvalue weighted by Crippen LogP contribution is -2.43. The molecule has 3 heterocycles. The van der Waals surface area contributed by atoms with Gasteiger partial charge in [-0.05, 0) is 68.7 Å². The van der Waals surface area contributed by atoms with Gasteiger partial charge in [0.15, 0.2) is 10.7 Å². The molecular formula is C26H31N3O4S2. The Morgan fingerprint density at radius 2 is 1.86 bits per heavy atom. The van der Waals surface area contributed by atoms with Crippen molar-refractivity contribution in [3.05, 3.63) is 68.7 Å². The molecule has 9 heteroatoms. The molecule has 3 aromatic rings. The van der Waals surface area contributed by atoms with E-state index in [0.717, 1.165) is 17.5 Å². The Kier molecular flexibility index (Phi) is 7.88. The van der Waals surface area contributed by atoms with Crippen LogP contribution < -0.4 is 5.32 Å². The monoisotopic (exact) mass is 513 g/mol. The number of hydrogen-bond acceptors (Lipinski definition) is 6. The highest BCUT2D eigenvalue weighted by molar-refractivity contribution is 7.89. The second-order valence-corrected chi connectivity index (χ2v) is 11.8. The summed E-state index contributed by atoms with van der Waals surface area (Å²) in [5.41, 5.74) is 3.67. The predicted molar refractivity (Wildman–Crippen MR) is 139 cm³/mol. The number of nitrogens with one attached hydrogen (secondary N) is 1. The van der Waals surface area contributed by atoms with Crippen molar-refractivity contribution in [3.8, 4) is 0 Å². The van der Waals surface area contributed by atoms with E-state index in [-0.39, 0.29) is 35.6 Å². The summed E-state index contributed by atoms with van der Waals surface area (Å²) >= 11 is 1.70. The number of nitrogens with zero attached hydrogens (tertiary/aromatic N) is 2. The van der Waals surface area contributed by atoms with Gasteiger partial charge in [-0.25, -0.2) is 8.42 Å². The van der Waals surface area contributed by atoms with Crippen LogP contribution in [0.1, 0.15) is 45.9 Å². The zero-order chi connectivity index (χ0) is 25.0. The van der Waals surface area contributed by atoms with Gasteiger partial charge in [0, 0.05) is 30.4 Å². The first-order chi connectivity index (χ1) is 16.8. The van der Waals surface area contributed by atoms with Crippen molar-refractivity contribution < 1.29 is 17.7 Å². The summed E-state index contributed by atoms with van der Waals surface area (Å²) in [7, 11) is -3.80. The van der Waals surface area contributed by atoms with E-state index < -0.39 is 10.0 Å². The van der Waals surface area contributed by atoms with Crippen molar-refractivity contribution in [1.29, 1.82) is 0 Å². The number of sulfonamides is 1. The molecule has 1 saturated heterocycles. The molecule has 0 saturated carbocycles. The van der Waals surface area contributed by atoms with Crippen LogP contribution in [0.4, 0.5) is 0 Å². The van der Waals surface area contributed by atoms with Crippen molar-refractivity contribution in [1.82, 2.24) is 14.8 Å². The minimum absolute atomic E-state index is 0.000800. The summed E-state index contributed by atoms with van der Waals surface area (Å²) in [4.78, 5) is 14.0. The minimum atomic E-state index is -3.80. The number of carbonyl (C=O) groups is 1. The topological polar surface area (TPSA) is 92.5 Å². The third-order valence-corrected chi connectivity index (χ3v) is 9.52. The Balaban J connectivity index is 1.37. The van der Waals surface area contributed by atoms with Crippen molar-refractivity contribution in [2.75, 3.05) is 19.6 Å². The quantitative estimate of drug-likeness (QED) is 0.476. The predicted octanol–water partition coefficient (Wildman–Crippen LogP) is 4.59. The molecule has 1 aliphatic heterocycles. The van der Waals surface area contributed by atoms with Crippen LogP contribution in [0.25, 0.3) is 12.2 Å². The second kappa shape index (κ2) is 10.9. The van der Waals surface area contributed by atoms with Crippen molar-refractivity contribution in [2.24, 2.45) is 5.92 Å². The molecule has 0 unspecified atom stereocenters. The van der Waals surface area contributed by atoms with Crippen molar-refractivity contribution >= 4 is 39.4 Å². The molecule has 2 aromatic heterocycles. The van der Waals surface area contributed by atoms with Crippen LogP contribution in [-0.4, -0.2) is 43.4 Å². The third kappa shape index (κ3) is 5.91. The molecule has 1 amide bonds. The Bertz CT molecular complexity index is 1300. The largest absolute Gasteiger partial charge is 0.355 e. The number of thiophene rings is 1. The maximum Gasteiger partial charge on any atom is 0.248 e. The standard InChI is InChI=1S/C26H31N3O4S2/c1-18-4-6-21(7-5-18)8-9-23-25(20(3)28-33-23)35(31,32)29-15-11-22(12-16-29)26(30)27-14-10-24-19(2)13-17-34-24/h4-9,13,17,22H,10-12,14-16H2,1-3H3,(H,27,30). The molecule has 0 radical (unpaired) electrons. The molecule has 7 nitrogen and oxygen atoms in total. The van der Waals surface area contributed by atoms with Gasteiger partial charge in [0.05, 0.1) is 0 Å². The van der Waals surface area contributed by atoms with Gasteiger partial charge in [-0.1, -0.05) is 41.1 Å². The molecular weight excluding hydrogens is 482 g/mol. The smallest absolute Gasteiger partial charge is 0.248 e. The second-order valence-electron chi connectivity index (χ2n) is 8.95. The molecule has 0 aliphatic carbocycles. The third-order valence-electron chi connectivity index (χ3n) is 6.38. The minimum Gasteiger partial charge on any atom is -0.355 e. The van der Waals surface area contributed by atoms with Crippen LogP contribution in [0.15, 0.2) is 45.1 Å². The highest BCUT2D eigenvalue weighted by Gasteiger charge is 2.35. The Hall–Kier alpha value is -2.75. The molecule has 0 atom stereocenters. The van der Waals surface area contributed by atoms with Gasteiger partial charge < -0.3 is 9.84 Å². The molecule has 1 aromatic carbocycles. The van der Waals surface area contributed by atoms with Crippen molar-refractivity contribution in [2.45, 2.75) is 44.9 Å². The molecule has 4 rings (SSSR count). The van der Waals surface area contributed by atoms with Gasteiger partial charge in [-0.2, -0.15) is 4.31 Å². The van der Waals surface area contributed by atoms with E-state index in [2.05, 4.69) is 28.8 Å². The van der Waals surface area contributed by atoms with Crippen LogP contribution in [0.3, 0.4) is 0 Å². The molecule has 1 N–H and O–H groups in total. The van der Waals surface area contributed by atoms with E-state index in [1.165, 1.54) is 14.7 Å². The highest BCUT2D eigenvalue weighted by Crippen LogP contribution is 2.29. The van der Waals surface area contributed by atoms with Crippen LogP contribution >= 0.6 is 11.3 Å². The first-order valence-electron chi connectivity index (χ1n) is 11.8. The number of benzene rings is 1. The summed E-state index contributed by atoms with van der Waals surface area (Å²) < 4.78 is 33.7. The van der Waals surface area contributed by atoms with E-state index in [9.17, 15) is 13.2 Å². The van der Waals surface area contributed by atoms with Gasteiger partial charge in [0.2, 0.25) is 15.9 Å². The number of aryl methyl sites for hydroxylation is 3. The zero-order valence-electron chi connectivity index (χ0n) is 20.3. The Morgan fingerprint density at radius 3 is 2.51 bits per heavy atom. The lowest BCUT2D eigenvalue weighted by Gasteiger charge is -2.30. The average molecular weight is 514 g/mol. The number of carbonyl (C=O) groups excluding carboxylic acids is 1. The van der Waals surface area contributed by atoms with E-state index in [0.29, 0.717) is 25.1 Å². The van der Waals surface area contributed by atoms with Gasteiger partial charge in [0.1, 0.15) is 5.69 Å². The van der Waals surface area contributed by atoms with Crippen LogP contribution in [0, 0.1) is 26.7 Å². The molecule has 0 spiro atoms. The summed E-state index contributed by atoms with van der Waals surface area (Å²) in [6.07, 6.45) is 5.25. The SMILES string of the molecule is Cc1ccc(C=Cc2onc(C)c2S(=O)(=O)N2CCC(C(=O)NCCc3sccc3C)CC2)cc1. The van der Waals surface area contributed by atoms with Gasteiger partial charge >= 0.3 is 0 Å². The van der Waals surface area contributed by atoms with Gasteiger partial charge in [-0.15, -0.1) is 11.3 Å². The van der Waals surface area contributed by atoms with E-state index in [4.69, 9.17) is 4.52 Å². The summed E-state index contributed by atoms with van der Waals surface area (Å²) in [6.45, 7) is 6.89. The highest BCUT2D eigenvalue weighted by atomic mass is 32.2. The maximum absolute atomic E-state index is 13.5. The molecule has 35 heavy (non-hydrogen) atoms. The zero-order valence-corrected chi connectivity index (χ0v) is 21.9. The Labute approximate surface area is 210 Å². The van der Waals surface area contributed by atoms with Gasteiger partial charge in [-0.3, -0.25) is 4.79 Å². The average Bonchev–Trinajstić information content (AvgIpc) is 3.43. The van der Waals surface area contributed by atoms with Crippen molar-refractivity contribution in [3.63, 3.8) is 0 Å². The molecule has 0 bridgehead atoms. The summed E-state index contributed by atoms with van der Waals surface area (Å²) in [5, 5.41) is 8.99. The molecule has 1 fully saturated rings. The van der Waals surface area contributed by atoms with Crippen LogP contribution in [0.2, 0.25) is 0 Å². The van der Waals surface area contributed by atoms with E-state index in [1.54, 1.807) is 24.3 Å². The summed E-state index contributed by atoms with van der Waals surface area (Å²) in [6, 6.07) is 9.99. The normalized spacial score (nSPS) is 15.6. The fraction of sp³-hybridized carbons (Fsp3) is 0.385. The van der Waals surface area contributed by atoms with Crippen LogP contribution in [0.5, 0.6) is 0 Å². The molecule has 186 valence electrons.